The molecule has 0 aromatic heterocycles. The van der Waals surface area contributed by atoms with Crippen LogP contribution in [0.1, 0.15) is 31.4 Å². The molecular formula is C16H26N2O. The highest BCUT2D eigenvalue weighted by molar-refractivity contribution is 5.78. The number of benzene rings is 1. The van der Waals surface area contributed by atoms with Crippen molar-refractivity contribution in [2.45, 2.75) is 33.6 Å². The summed E-state index contributed by atoms with van der Waals surface area (Å²) in [6.07, 6.45) is 1.73. The van der Waals surface area contributed by atoms with Crippen molar-refractivity contribution in [1.29, 1.82) is 0 Å². The standard InChI is InChI=1S/C16H26N2O/c1-12(2)10-15(11-17)16(19)18-9-8-14-7-5-4-6-13(14)3/h4-7,12,15H,8-11,17H2,1-3H3,(H,18,19). The molecule has 0 saturated heterocycles. The van der Waals surface area contributed by atoms with E-state index in [-0.39, 0.29) is 11.8 Å². The molecule has 3 N–H and O–H groups in total. The van der Waals surface area contributed by atoms with E-state index in [2.05, 4.69) is 38.2 Å². The smallest absolute Gasteiger partial charge is 0.224 e. The Hall–Kier alpha value is -1.35. The van der Waals surface area contributed by atoms with Crippen molar-refractivity contribution in [2.75, 3.05) is 13.1 Å². The number of carbonyl (C=O) groups is 1. The zero-order valence-corrected chi connectivity index (χ0v) is 12.3. The fourth-order valence-electron chi connectivity index (χ4n) is 2.23. The van der Waals surface area contributed by atoms with Crippen molar-refractivity contribution in [3.63, 3.8) is 0 Å². The maximum absolute atomic E-state index is 12.0. The van der Waals surface area contributed by atoms with Crippen LogP contribution in [0.4, 0.5) is 0 Å². The molecule has 1 rings (SSSR count). The summed E-state index contributed by atoms with van der Waals surface area (Å²) in [6, 6.07) is 8.27. The molecule has 0 spiro atoms. The molecule has 0 bridgehead atoms. The molecule has 1 atom stereocenters. The molecule has 1 unspecified atom stereocenters. The summed E-state index contributed by atoms with van der Waals surface area (Å²) in [5.74, 6) is 0.525. The molecule has 1 aromatic carbocycles. The molecule has 0 radical (unpaired) electrons. The number of rotatable bonds is 7. The Kier molecular flexibility index (Phi) is 6.57. The minimum atomic E-state index is -0.0585. The zero-order chi connectivity index (χ0) is 14.3. The predicted molar refractivity (Wildman–Crippen MR) is 79.9 cm³/mol. The van der Waals surface area contributed by atoms with Crippen LogP contribution >= 0.6 is 0 Å². The van der Waals surface area contributed by atoms with Gasteiger partial charge in [-0.15, -0.1) is 0 Å². The van der Waals surface area contributed by atoms with Crippen LogP contribution in [0.2, 0.25) is 0 Å². The molecule has 19 heavy (non-hydrogen) atoms. The lowest BCUT2D eigenvalue weighted by molar-refractivity contribution is -0.125. The summed E-state index contributed by atoms with van der Waals surface area (Å²) in [4.78, 5) is 12.0. The van der Waals surface area contributed by atoms with Crippen molar-refractivity contribution in [3.05, 3.63) is 35.4 Å². The van der Waals surface area contributed by atoms with Gasteiger partial charge in [0.15, 0.2) is 0 Å². The maximum atomic E-state index is 12.0. The van der Waals surface area contributed by atoms with Crippen LogP contribution in [0, 0.1) is 18.8 Å². The number of aryl methyl sites for hydroxylation is 1. The van der Waals surface area contributed by atoms with Crippen LogP contribution in [0.15, 0.2) is 24.3 Å². The summed E-state index contributed by atoms with van der Waals surface area (Å²) in [6.45, 7) is 7.43. The van der Waals surface area contributed by atoms with Gasteiger partial charge in [-0.05, 0) is 36.8 Å². The first-order chi connectivity index (χ1) is 9.04. The Bertz CT molecular complexity index is 401. The second kappa shape index (κ2) is 7.95. The van der Waals surface area contributed by atoms with Gasteiger partial charge < -0.3 is 11.1 Å². The monoisotopic (exact) mass is 262 g/mol. The molecule has 1 aromatic rings. The van der Waals surface area contributed by atoms with Crippen LogP contribution in [-0.2, 0) is 11.2 Å². The highest BCUT2D eigenvalue weighted by Crippen LogP contribution is 2.11. The number of carbonyl (C=O) groups excluding carboxylic acids is 1. The lowest BCUT2D eigenvalue weighted by atomic mass is 9.96. The molecule has 0 aliphatic heterocycles. The van der Waals surface area contributed by atoms with Gasteiger partial charge in [0.1, 0.15) is 0 Å². The van der Waals surface area contributed by atoms with E-state index in [9.17, 15) is 4.79 Å². The van der Waals surface area contributed by atoms with E-state index in [1.54, 1.807) is 0 Å². The number of hydrogen-bond acceptors (Lipinski definition) is 2. The van der Waals surface area contributed by atoms with Gasteiger partial charge in [-0.25, -0.2) is 0 Å². The second-order valence-corrected chi connectivity index (χ2v) is 5.53. The van der Waals surface area contributed by atoms with Gasteiger partial charge in [0, 0.05) is 13.1 Å². The third-order valence-electron chi connectivity index (χ3n) is 3.37. The Balaban J connectivity index is 2.40. The highest BCUT2D eigenvalue weighted by Gasteiger charge is 2.17. The Morgan fingerprint density at radius 1 is 1.32 bits per heavy atom. The van der Waals surface area contributed by atoms with Crippen molar-refractivity contribution in [3.8, 4) is 0 Å². The molecule has 0 saturated carbocycles. The molecule has 1 amide bonds. The summed E-state index contributed by atoms with van der Waals surface area (Å²) in [5, 5.41) is 3.00. The highest BCUT2D eigenvalue weighted by atomic mass is 16.1. The van der Waals surface area contributed by atoms with E-state index >= 15 is 0 Å². The van der Waals surface area contributed by atoms with Crippen LogP contribution < -0.4 is 11.1 Å². The van der Waals surface area contributed by atoms with Crippen molar-refractivity contribution in [2.24, 2.45) is 17.6 Å². The van der Waals surface area contributed by atoms with E-state index in [0.717, 1.165) is 12.8 Å². The molecule has 3 nitrogen and oxygen atoms in total. The zero-order valence-electron chi connectivity index (χ0n) is 12.3. The minimum absolute atomic E-state index is 0.0585. The van der Waals surface area contributed by atoms with E-state index in [0.29, 0.717) is 19.0 Å². The van der Waals surface area contributed by atoms with Gasteiger partial charge in [-0.3, -0.25) is 4.79 Å². The number of amides is 1. The maximum Gasteiger partial charge on any atom is 0.224 e. The Labute approximate surface area is 116 Å². The number of hydrogen-bond donors (Lipinski definition) is 2. The third kappa shape index (κ3) is 5.43. The molecule has 0 aliphatic rings. The fourth-order valence-corrected chi connectivity index (χ4v) is 2.23. The van der Waals surface area contributed by atoms with Crippen LogP contribution in [0.5, 0.6) is 0 Å². The van der Waals surface area contributed by atoms with Gasteiger partial charge in [0.2, 0.25) is 5.91 Å². The normalized spacial score (nSPS) is 12.5. The largest absolute Gasteiger partial charge is 0.355 e. The first kappa shape index (κ1) is 15.7. The molecular weight excluding hydrogens is 236 g/mol. The van der Waals surface area contributed by atoms with E-state index in [1.807, 2.05) is 12.1 Å². The summed E-state index contributed by atoms with van der Waals surface area (Å²) < 4.78 is 0. The molecule has 106 valence electrons. The van der Waals surface area contributed by atoms with Crippen molar-refractivity contribution >= 4 is 5.91 Å². The number of nitrogens with one attached hydrogen (secondary N) is 1. The van der Waals surface area contributed by atoms with E-state index in [4.69, 9.17) is 5.73 Å². The lowest BCUT2D eigenvalue weighted by Gasteiger charge is -2.17. The molecule has 0 heterocycles. The van der Waals surface area contributed by atoms with Gasteiger partial charge >= 0.3 is 0 Å². The summed E-state index contributed by atoms with van der Waals surface area (Å²) >= 11 is 0. The third-order valence-corrected chi connectivity index (χ3v) is 3.37. The van der Waals surface area contributed by atoms with Gasteiger partial charge in [0.25, 0.3) is 0 Å². The van der Waals surface area contributed by atoms with Gasteiger partial charge in [-0.2, -0.15) is 0 Å². The van der Waals surface area contributed by atoms with E-state index in [1.165, 1.54) is 11.1 Å². The molecule has 3 heteroatoms. The average Bonchev–Trinajstić information content (AvgIpc) is 2.37. The average molecular weight is 262 g/mol. The Morgan fingerprint density at radius 3 is 2.58 bits per heavy atom. The first-order valence-corrected chi connectivity index (χ1v) is 7.06. The van der Waals surface area contributed by atoms with Crippen LogP contribution in [0.25, 0.3) is 0 Å². The fraction of sp³-hybridized carbons (Fsp3) is 0.562. The topological polar surface area (TPSA) is 55.1 Å². The lowest BCUT2D eigenvalue weighted by Crippen LogP contribution is -2.36. The van der Waals surface area contributed by atoms with Gasteiger partial charge in [-0.1, -0.05) is 38.1 Å². The number of nitrogens with two attached hydrogens (primary N) is 1. The predicted octanol–water partition coefficient (Wildman–Crippen LogP) is 2.27. The minimum Gasteiger partial charge on any atom is -0.355 e. The first-order valence-electron chi connectivity index (χ1n) is 7.06. The second-order valence-electron chi connectivity index (χ2n) is 5.53. The summed E-state index contributed by atoms with van der Waals surface area (Å²) in [7, 11) is 0. The molecule has 0 aliphatic carbocycles. The Morgan fingerprint density at radius 2 is 2.00 bits per heavy atom. The van der Waals surface area contributed by atoms with Crippen LogP contribution in [-0.4, -0.2) is 19.0 Å². The quantitative estimate of drug-likeness (QED) is 0.792. The summed E-state index contributed by atoms with van der Waals surface area (Å²) in [5.41, 5.74) is 8.23. The van der Waals surface area contributed by atoms with E-state index < -0.39 is 0 Å². The van der Waals surface area contributed by atoms with Crippen molar-refractivity contribution in [1.82, 2.24) is 5.32 Å². The van der Waals surface area contributed by atoms with Gasteiger partial charge in [0.05, 0.1) is 5.92 Å². The van der Waals surface area contributed by atoms with Crippen molar-refractivity contribution < 1.29 is 4.79 Å². The van der Waals surface area contributed by atoms with Crippen LogP contribution in [0.3, 0.4) is 0 Å². The SMILES string of the molecule is Cc1ccccc1CCNC(=O)C(CN)CC(C)C. The molecule has 0 fully saturated rings.